The van der Waals surface area contributed by atoms with Crippen LogP contribution in [0.1, 0.15) is 38.2 Å². The second kappa shape index (κ2) is 5.44. The maximum Gasteiger partial charge on any atom is 0.123 e. The Labute approximate surface area is 97.1 Å². The van der Waals surface area contributed by atoms with E-state index in [9.17, 15) is 4.39 Å². The van der Waals surface area contributed by atoms with Crippen molar-refractivity contribution in [3.05, 3.63) is 35.6 Å². The Morgan fingerprint density at radius 3 is 3.00 bits per heavy atom. The zero-order chi connectivity index (χ0) is 11.4. The van der Waals surface area contributed by atoms with Crippen molar-refractivity contribution in [1.29, 1.82) is 0 Å². The van der Waals surface area contributed by atoms with Crippen LogP contribution in [0, 0.1) is 11.7 Å². The molecule has 2 unspecified atom stereocenters. The zero-order valence-electron chi connectivity index (χ0n) is 9.88. The van der Waals surface area contributed by atoms with E-state index in [1.54, 1.807) is 12.1 Å². The molecule has 88 valence electrons. The van der Waals surface area contributed by atoms with Crippen LogP contribution in [0.3, 0.4) is 0 Å². The predicted octanol–water partition coefficient (Wildman–Crippen LogP) is 3.49. The zero-order valence-corrected chi connectivity index (χ0v) is 9.88. The topological polar surface area (TPSA) is 12.0 Å². The van der Waals surface area contributed by atoms with Crippen LogP contribution < -0.4 is 5.32 Å². The van der Waals surface area contributed by atoms with Gasteiger partial charge in [0, 0.05) is 12.6 Å². The Balaban J connectivity index is 1.87. The minimum absolute atomic E-state index is 0.141. The molecule has 1 aromatic rings. The first kappa shape index (κ1) is 11.6. The van der Waals surface area contributed by atoms with Gasteiger partial charge in [-0.3, -0.25) is 0 Å². The van der Waals surface area contributed by atoms with E-state index in [0.29, 0.717) is 6.04 Å². The minimum Gasteiger partial charge on any atom is -0.310 e. The van der Waals surface area contributed by atoms with Crippen molar-refractivity contribution in [3.63, 3.8) is 0 Å². The fraction of sp³-hybridized carbons (Fsp3) is 0.571. The highest BCUT2D eigenvalue weighted by atomic mass is 19.1. The van der Waals surface area contributed by atoms with Gasteiger partial charge >= 0.3 is 0 Å². The Hall–Kier alpha value is -0.890. The van der Waals surface area contributed by atoms with E-state index >= 15 is 0 Å². The van der Waals surface area contributed by atoms with Crippen molar-refractivity contribution in [3.8, 4) is 0 Å². The molecular formula is C14H20FN. The van der Waals surface area contributed by atoms with Crippen LogP contribution in [-0.4, -0.2) is 6.04 Å². The Morgan fingerprint density at radius 1 is 1.38 bits per heavy atom. The molecule has 0 aromatic heterocycles. The standard InChI is InChI=1S/C14H20FN/c1-2-12-6-4-8-14(12)16-10-11-5-3-7-13(15)9-11/h3,5,7,9,12,14,16H,2,4,6,8,10H2,1H3. The fourth-order valence-electron chi connectivity index (χ4n) is 2.69. The fourth-order valence-corrected chi connectivity index (χ4v) is 2.69. The van der Waals surface area contributed by atoms with E-state index < -0.39 is 0 Å². The molecule has 1 N–H and O–H groups in total. The third-order valence-corrected chi connectivity index (χ3v) is 3.64. The lowest BCUT2D eigenvalue weighted by Crippen LogP contribution is -2.31. The molecule has 1 aliphatic carbocycles. The predicted molar refractivity (Wildman–Crippen MR) is 64.7 cm³/mol. The maximum absolute atomic E-state index is 13.0. The van der Waals surface area contributed by atoms with Crippen molar-refractivity contribution in [1.82, 2.24) is 5.32 Å². The smallest absolute Gasteiger partial charge is 0.123 e. The molecule has 0 spiro atoms. The number of benzene rings is 1. The van der Waals surface area contributed by atoms with Gasteiger partial charge in [0.15, 0.2) is 0 Å². The van der Waals surface area contributed by atoms with Gasteiger partial charge in [-0.1, -0.05) is 31.9 Å². The molecule has 1 nitrogen and oxygen atoms in total. The second-order valence-corrected chi connectivity index (χ2v) is 4.72. The van der Waals surface area contributed by atoms with E-state index in [-0.39, 0.29) is 5.82 Å². The molecule has 0 amide bonds. The Kier molecular flexibility index (Phi) is 3.94. The van der Waals surface area contributed by atoms with E-state index in [2.05, 4.69) is 12.2 Å². The van der Waals surface area contributed by atoms with E-state index in [0.717, 1.165) is 18.0 Å². The molecule has 2 heteroatoms. The SMILES string of the molecule is CCC1CCCC1NCc1cccc(F)c1. The van der Waals surface area contributed by atoms with Crippen LogP contribution in [0.15, 0.2) is 24.3 Å². The first-order valence-electron chi connectivity index (χ1n) is 6.27. The van der Waals surface area contributed by atoms with Gasteiger partial charge in [-0.25, -0.2) is 4.39 Å². The summed E-state index contributed by atoms with van der Waals surface area (Å²) in [6.07, 6.45) is 5.20. The van der Waals surface area contributed by atoms with E-state index in [4.69, 9.17) is 0 Å². The average Bonchev–Trinajstić information content (AvgIpc) is 2.74. The quantitative estimate of drug-likeness (QED) is 0.820. The summed E-state index contributed by atoms with van der Waals surface area (Å²) >= 11 is 0. The molecular weight excluding hydrogens is 201 g/mol. The summed E-state index contributed by atoms with van der Waals surface area (Å²) in [6, 6.07) is 7.49. The van der Waals surface area contributed by atoms with Crippen molar-refractivity contribution < 1.29 is 4.39 Å². The highest BCUT2D eigenvalue weighted by Gasteiger charge is 2.24. The summed E-state index contributed by atoms with van der Waals surface area (Å²) in [4.78, 5) is 0. The largest absolute Gasteiger partial charge is 0.310 e. The van der Waals surface area contributed by atoms with Gasteiger partial charge in [-0.2, -0.15) is 0 Å². The number of hydrogen-bond acceptors (Lipinski definition) is 1. The second-order valence-electron chi connectivity index (χ2n) is 4.72. The molecule has 0 aliphatic heterocycles. The summed E-state index contributed by atoms with van der Waals surface area (Å²) in [5.74, 6) is 0.673. The molecule has 16 heavy (non-hydrogen) atoms. The van der Waals surface area contributed by atoms with Gasteiger partial charge in [0.25, 0.3) is 0 Å². The molecule has 1 saturated carbocycles. The van der Waals surface area contributed by atoms with Crippen molar-refractivity contribution >= 4 is 0 Å². The van der Waals surface area contributed by atoms with Crippen LogP contribution in [0.4, 0.5) is 4.39 Å². The molecule has 0 saturated heterocycles. The van der Waals surface area contributed by atoms with Crippen LogP contribution in [0.5, 0.6) is 0 Å². The van der Waals surface area contributed by atoms with Gasteiger partial charge in [-0.05, 0) is 36.5 Å². The maximum atomic E-state index is 13.0. The van der Waals surface area contributed by atoms with E-state index in [1.807, 2.05) is 6.07 Å². The van der Waals surface area contributed by atoms with Crippen molar-refractivity contribution in [2.45, 2.75) is 45.2 Å². The van der Waals surface area contributed by atoms with Crippen LogP contribution in [0.25, 0.3) is 0 Å². The number of nitrogens with one attached hydrogen (secondary N) is 1. The summed E-state index contributed by atoms with van der Waals surface area (Å²) in [6.45, 7) is 3.05. The third kappa shape index (κ3) is 2.82. The molecule has 2 rings (SSSR count). The van der Waals surface area contributed by atoms with Crippen LogP contribution in [-0.2, 0) is 6.54 Å². The van der Waals surface area contributed by atoms with Crippen molar-refractivity contribution in [2.75, 3.05) is 0 Å². The lowest BCUT2D eigenvalue weighted by molar-refractivity contribution is 0.389. The van der Waals surface area contributed by atoms with Gasteiger partial charge < -0.3 is 5.32 Å². The van der Waals surface area contributed by atoms with Gasteiger partial charge in [0.1, 0.15) is 5.82 Å². The lowest BCUT2D eigenvalue weighted by atomic mass is 10.0. The van der Waals surface area contributed by atoms with Gasteiger partial charge in [0.2, 0.25) is 0 Å². The highest BCUT2D eigenvalue weighted by Crippen LogP contribution is 2.28. The van der Waals surface area contributed by atoms with Gasteiger partial charge in [0.05, 0.1) is 0 Å². The summed E-state index contributed by atoms with van der Waals surface area (Å²) in [5, 5.41) is 3.56. The number of hydrogen-bond donors (Lipinski definition) is 1. The van der Waals surface area contributed by atoms with E-state index in [1.165, 1.54) is 31.7 Å². The molecule has 0 bridgehead atoms. The molecule has 1 aromatic carbocycles. The third-order valence-electron chi connectivity index (χ3n) is 3.64. The Morgan fingerprint density at radius 2 is 2.25 bits per heavy atom. The summed E-state index contributed by atoms with van der Waals surface area (Å²) < 4.78 is 13.0. The van der Waals surface area contributed by atoms with Crippen molar-refractivity contribution in [2.24, 2.45) is 5.92 Å². The lowest BCUT2D eigenvalue weighted by Gasteiger charge is -2.19. The number of rotatable bonds is 4. The highest BCUT2D eigenvalue weighted by molar-refractivity contribution is 5.16. The first-order valence-corrected chi connectivity index (χ1v) is 6.27. The van der Waals surface area contributed by atoms with Crippen LogP contribution in [0.2, 0.25) is 0 Å². The molecule has 1 fully saturated rings. The van der Waals surface area contributed by atoms with Crippen LogP contribution >= 0.6 is 0 Å². The minimum atomic E-state index is -0.141. The number of halogens is 1. The summed E-state index contributed by atoms with van der Waals surface area (Å²) in [7, 11) is 0. The Bertz CT molecular complexity index is 337. The monoisotopic (exact) mass is 221 g/mol. The molecule has 2 atom stereocenters. The molecule has 0 heterocycles. The van der Waals surface area contributed by atoms with Gasteiger partial charge in [-0.15, -0.1) is 0 Å². The normalized spacial score (nSPS) is 24.9. The summed E-state index contributed by atoms with van der Waals surface area (Å²) in [5.41, 5.74) is 1.04. The first-order chi connectivity index (χ1) is 7.79. The molecule has 0 radical (unpaired) electrons. The average molecular weight is 221 g/mol. The molecule has 1 aliphatic rings.